The van der Waals surface area contributed by atoms with Crippen molar-refractivity contribution >= 4 is 23.4 Å². The minimum absolute atomic E-state index is 0.0383. The maximum atomic E-state index is 12.6. The molecular weight excluding hydrogens is 366 g/mol. The van der Waals surface area contributed by atoms with E-state index < -0.39 is 5.60 Å². The van der Waals surface area contributed by atoms with E-state index in [-0.39, 0.29) is 17.9 Å². The summed E-state index contributed by atoms with van der Waals surface area (Å²) in [5.74, 6) is -0.0321. The molecule has 0 saturated carbocycles. The van der Waals surface area contributed by atoms with Crippen molar-refractivity contribution in [3.05, 3.63) is 24.3 Å². The molecule has 1 aromatic rings. The summed E-state index contributed by atoms with van der Waals surface area (Å²) < 4.78 is 5.42. The van der Waals surface area contributed by atoms with Gasteiger partial charge < -0.3 is 19.9 Å². The summed E-state index contributed by atoms with van der Waals surface area (Å²) >= 11 is 0. The topological polar surface area (TPSA) is 61.9 Å². The molecule has 0 aliphatic carbocycles. The van der Waals surface area contributed by atoms with Crippen LogP contribution in [0, 0.1) is 5.92 Å². The number of benzene rings is 1. The number of ether oxygens (including phenoxy) is 1. The van der Waals surface area contributed by atoms with Gasteiger partial charge in [-0.25, -0.2) is 4.79 Å². The second kappa shape index (κ2) is 9.51. The molecular formula is C23H35N3O3. The van der Waals surface area contributed by atoms with Crippen LogP contribution in [0.2, 0.25) is 0 Å². The van der Waals surface area contributed by atoms with Crippen molar-refractivity contribution < 1.29 is 14.3 Å². The molecule has 0 aromatic heterocycles. The lowest BCUT2D eigenvalue weighted by Crippen LogP contribution is -2.43. The van der Waals surface area contributed by atoms with Gasteiger partial charge in [0.1, 0.15) is 5.60 Å². The van der Waals surface area contributed by atoms with Gasteiger partial charge >= 0.3 is 6.09 Å². The second-order valence-electron chi connectivity index (χ2n) is 9.18. The van der Waals surface area contributed by atoms with Crippen LogP contribution in [-0.2, 0) is 9.53 Å². The predicted octanol–water partition coefficient (Wildman–Crippen LogP) is 4.65. The molecule has 0 radical (unpaired) electrons. The molecule has 2 saturated heterocycles. The Morgan fingerprint density at radius 2 is 1.52 bits per heavy atom. The van der Waals surface area contributed by atoms with Gasteiger partial charge in [0.2, 0.25) is 5.91 Å². The van der Waals surface area contributed by atoms with Gasteiger partial charge in [-0.15, -0.1) is 0 Å². The van der Waals surface area contributed by atoms with Crippen molar-refractivity contribution in [2.45, 2.75) is 64.9 Å². The largest absolute Gasteiger partial charge is 0.444 e. The molecule has 3 rings (SSSR count). The maximum absolute atomic E-state index is 12.6. The van der Waals surface area contributed by atoms with Crippen molar-refractivity contribution in [2.75, 3.05) is 36.4 Å². The summed E-state index contributed by atoms with van der Waals surface area (Å²) in [7, 11) is 0. The number of amides is 2. The van der Waals surface area contributed by atoms with E-state index in [1.165, 1.54) is 31.4 Å². The molecule has 160 valence electrons. The van der Waals surface area contributed by atoms with Gasteiger partial charge in [-0.3, -0.25) is 4.79 Å². The summed E-state index contributed by atoms with van der Waals surface area (Å²) in [5, 5.41) is 3.04. The molecule has 2 aliphatic rings. The van der Waals surface area contributed by atoms with Crippen molar-refractivity contribution in [1.29, 1.82) is 0 Å². The SMILES string of the molecule is CC(C)(C)OC(=O)N1CCC(C(=O)Nc2ccc(N3CCCCCC3)cc2)CC1. The third kappa shape index (κ3) is 6.38. The molecule has 2 heterocycles. The fourth-order valence-electron chi connectivity index (χ4n) is 3.98. The van der Waals surface area contributed by atoms with Gasteiger partial charge in [0, 0.05) is 43.5 Å². The molecule has 0 bridgehead atoms. The first-order valence-electron chi connectivity index (χ1n) is 11.0. The van der Waals surface area contributed by atoms with Gasteiger partial charge in [0.15, 0.2) is 0 Å². The number of likely N-dealkylation sites (tertiary alicyclic amines) is 1. The Morgan fingerprint density at radius 3 is 2.07 bits per heavy atom. The van der Waals surface area contributed by atoms with Crippen LogP contribution in [0.15, 0.2) is 24.3 Å². The molecule has 0 unspecified atom stereocenters. The smallest absolute Gasteiger partial charge is 0.410 e. The molecule has 2 amide bonds. The van der Waals surface area contributed by atoms with E-state index in [0.717, 1.165) is 18.8 Å². The fraction of sp³-hybridized carbons (Fsp3) is 0.652. The van der Waals surface area contributed by atoms with Crippen LogP contribution >= 0.6 is 0 Å². The Kier molecular flexibility index (Phi) is 7.04. The number of anilines is 2. The lowest BCUT2D eigenvalue weighted by atomic mass is 9.96. The zero-order chi connectivity index (χ0) is 20.9. The van der Waals surface area contributed by atoms with E-state index in [2.05, 4.69) is 22.3 Å². The van der Waals surface area contributed by atoms with Crippen LogP contribution in [0.1, 0.15) is 59.3 Å². The number of nitrogens with one attached hydrogen (secondary N) is 1. The van der Waals surface area contributed by atoms with Gasteiger partial charge in [-0.05, 0) is 70.7 Å². The zero-order valence-electron chi connectivity index (χ0n) is 18.1. The average Bonchev–Trinajstić information content (AvgIpc) is 2.97. The summed E-state index contributed by atoms with van der Waals surface area (Å²) in [6, 6.07) is 8.19. The van der Waals surface area contributed by atoms with E-state index in [4.69, 9.17) is 4.74 Å². The molecule has 2 aliphatic heterocycles. The van der Waals surface area contributed by atoms with E-state index in [9.17, 15) is 9.59 Å². The first kappa shape index (κ1) is 21.5. The van der Waals surface area contributed by atoms with Crippen molar-refractivity contribution in [2.24, 2.45) is 5.92 Å². The van der Waals surface area contributed by atoms with Crippen molar-refractivity contribution in [3.8, 4) is 0 Å². The molecule has 2 fully saturated rings. The monoisotopic (exact) mass is 401 g/mol. The third-order valence-corrected chi connectivity index (χ3v) is 5.62. The van der Waals surface area contributed by atoms with Gasteiger partial charge in [-0.2, -0.15) is 0 Å². The number of carbonyl (C=O) groups excluding carboxylic acids is 2. The standard InChI is InChI=1S/C23H35N3O3/c1-23(2,3)29-22(28)26-16-12-18(13-17-26)21(27)24-19-8-10-20(11-9-19)25-14-6-4-5-7-15-25/h8-11,18H,4-7,12-17H2,1-3H3,(H,24,27). The molecule has 0 atom stereocenters. The lowest BCUT2D eigenvalue weighted by molar-refractivity contribution is -0.121. The molecule has 0 spiro atoms. The Balaban J connectivity index is 1.47. The number of rotatable bonds is 3. The number of piperidine rings is 1. The molecule has 6 nitrogen and oxygen atoms in total. The van der Waals surface area contributed by atoms with Crippen LogP contribution in [0.5, 0.6) is 0 Å². The number of nitrogens with zero attached hydrogens (tertiary/aromatic N) is 2. The molecule has 6 heteroatoms. The van der Waals surface area contributed by atoms with Crippen molar-refractivity contribution in [1.82, 2.24) is 4.90 Å². The van der Waals surface area contributed by atoms with Crippen molar-refractivity contribution in [3.63, 3.8) is 0 Å². The summed E-state index contributed by atoms with van der Waals surface area (Å²) in [6.07, 6.45) is 6.17. The van der Waals surface area contributed by atoms with E-state index in [1.54, 1.807) is 4.90 Å². The highest BCUT2D eigenvalue weighted by atomic mass is 16.6. The molecule has 1 N–H and O–H groups in total. The summed E-state index contributed by atoms with van der Waals surface area (Å²) in [5.41, 5.74) is 1.57. The van der Waals surface area contributed by atoms with Crippen LogP contribution < -0.4 is 10.2 Å². The fourth-order valence-corrected chi connectivity index (χ4v) is 3.98. The third-order valence-electron chi connectivity index (χ3n) is 5.62. The summed E-state index contributed by atoms with van der Waals surface area (Å²) in [4.78, 5) is 28.9. The highest BCUT2D eigenvalue weighted by molar-refractivity contribution is 5.92. The quantitative estimate of drug-likeness (QED) is 0.801. The van der Waals surface area contributed by atoms with Gasteiger partial charge in [-0.1, -0.05) is 12.8 Å². The predicted molar refractivity (Wildman–Crippen MR) is 116 cm³/mol. The van der Waals surface area contributed by atoms with Crippen LogP contribution in [0.25, 0.3) is 0 Å². The zero-order valence-corrected chi connectivity index (χ0v) is 18.1. The highest BCUT2D eigenvalue weighted by Crippen LogP contribution is 2.24. The van der Waals surface area contributed by atoms with Gasteiger partial charge in [0.25, 0.3) is 0 Å². The first-order valence-corrected chi connectivity index (χ1v) is 11.0. The van der Waals surface area contributed by atoms with E-state index >= 15 is 0 Å². The first-order chi connectivity index (χ1) is 13.8. The van der Waals surface area contributed by atoms with Crippen LogP contribution in [-0.4, -0.2) is 48.7 Å². The number of hydrogen-bond acceptors (Lipinski definition) is 4. The average molecular weight is 402 g/mol. The second-order valence-corrected chi connectivity index (χ2v) is 9.18. The summed E-state index contributed by atoms with van der Waals surface area (Å²) in [6.45, 7) is 8.93. The lowest BCUT2D eigenvalue weighted by Gasteiger charge is -2.33. The Bertz CT molecular complexity index is 680. The highest BCUT2D eigenvalue weighted by Gasteiger charge is 2.30. The Hall–Kier alpha value is -2.24. The minimum atomic E-state index is -0.495. The number of hydrogen-bond donors (Lipinski definition) is 1. The van der Waals surface area contributed by atoms with Gasteiger partial charge in [0.05, 0.1) is 0 Å². The minimum Gasteiger partial charge on any atom is -0.444 e. The number of carbonyl (C=O) groups is 2. The Morgan fingerprint density at radius 1 is 0.931 bits per heavy atom. The van der Waals surface area contributed by atoms with Crippen LogP contribution in [0.4, 0.5) is 16.2 Å². The normalized spacial score (nSPS) is 18.9. The molecule has 29 heavy (non-hydrogen) atoms. The maximum Gasteiger partial charge on any atom is 0.410 e. The molecule has 1 aromatic carbocycles. The van der Waals surface area contributed by atoms with Crippen LogP contribution in [0.3, 0.4) is 0 Å². The van der Waals surface area contributed by atoms with E-state index in [0.29, 0.717) is 25.9 Å². The van der Waals surface area contributed by atoms with E-state index in [1.807, 2.05) is 32.9 Å². The Labute approximate surface area is 174 Å².